The number of likely N-dealkylation sites (tertiary alicyclic amines) is 1. The van der Waals surface area contributed by atoms with Gasteiger partial charge in [0.1, 0.15) is 6.54 Å². The molecule has 2 aromatic heterocycles. The van der Waals surface area contributed by atoms with Gasteiger partial charge in [-0.1, -0.05) is 29.8 Å². The predicted octanol–water partition coefficient (Wildman–Crippen LogP) is 4.92. The second-order valence-electron chi connectivity index (χ2n) is 7.90. The van der Waals surface area contributed by atoms with Gasteiger partial charge < -0.3 is 9.47 Å². The van der Waals surface area contributed by atoms with Crippen LogP contribution in [0.1, 0.15) is 24.4 Å². The Morgan fingerprint density at radius 3 is 2.76 bits per heavy atom. The minimum Gasteiger partial charge on any atom is -0.338 e. The quantitative estimate of drug-likeness (QED) is 0.407. The minimum absolute atomic E-state index is 0.0251. The first-order chi connectivity index (χ1) is 15.9. The van der Waals surface area contributed by atoms with Crippen LogP contribution >= 0.6 is 22.9 Å². The van der Waals surface area contributed by atoms with E-state index < -0.39 is 10.0 Å². The number of amides is 1. The molecule has 0 spiro atoms. The number of carbonyl (C=O) groups is 1. The van der Waals surface area contributed by atoms with Crippen LogP contribution in [0, 0.1) is 0 Å². The molecule has 4 aromatic rings. The van der Waals surface area contributed by atoms with Crippen molar-refractivity contribution in [2.45, 2.75) is 30.3 Å². The maximum atomic E-state index is 13.2. The maximum Gasteiger partial charge on any atom is 0.263 e. The van der Waals surface area contributed by atoms with E-state index in [0.717, 1.165) is 29.3 Å². The lowest BCUT2D eigenvalue weighted by Crippen LogP contribution is -2.33. The molecule has 1 aliphatic heterocycles. The number of halogens is 1. The van der Waals surface area contributed by atoms with E-state index in [1.807, 2.05) is 39.9 Å². The first kappa shape index (κ1) is 21.9. The zero-order valence-electron chi connectivity index (χ0n) is 17.5. The van der Waals surface area contributed by atoms with Crippen LogP contribution in [0.5, 0.6) is 0 Å². The number of rotatable bonds is 6. The maximum absolute atomic E-state index is 13.2. The molecule has 1 N–H and O–H groups in total. The molecule has 1 aliphatic rings. The number of nitrogens with zero attached hydrogens (tertiary/aromatic N) is 3. The zero-order chi connectivity index (χ0) is 23.0. The van der Waals surface area contributed by atoms with E-state index in [9.17, 15) is 13.2 Å². The SMILES string of the molecule is O=C(Cn1ccc2ccc(Cl)cc21)N1CCCC1c1ccc(S(=O)(=O)Nc2nccs2)cc1. The van der Waals surface area contributed by atoms with Gasteiger partial charge in [-0.2, -0.15) is 0 Å². The number of nitrogens with one attached hydrogen (secondary N) is 1. The summed E-state index contributed by atoms with van der Waals surface area (Å²) in [6, 6.07) is 14.3. The van der Waals surface area contributed by atoms with Crippen LogP contribution in [0.4, 0.5) is 5.13 Å². The van der Waals surface area contributed by atoms with Crippen LogP contribution in [-0.4, -0.2) is 35.3 Å². The summed E-state index contributed by atoms with van der Waals surface area (Å²) in [4.78, 5) is 19.2. The van der Waals surface area contributed by atoms with Gasteiger partial charge >= 0.3 is 0 Å². The van der Waals surface area contributed by atoms with Crippen LogP contribution in [-0.2, 0) is 21.4 Å². The molecule has 1 unspecified atom stereocenters. The minimum atomic E-state index is -3.71. The Bertz CT molecular complexity index is 1400. The molecule has 7 nitrogen and oxygen atoms in total. The molecule has 0 aliphatic carbocycles. The normalized spacial score (nSPS) is 16.4. The summed E-state index contributed by atoms with van der Waals surface area (Å²) < 4.78 is 29.6. The Morgan fingerprint density at radius 2 is 2.00 bits per heavy atom. The number of benzene rings is 2. The average Bonchev–Trinajstić information content (AvgIpc) is 3.55. The van der Waals surface area contributed by atoms with Gasteiger partial charge in [-0.05, 0) is 54.1 Å². The molecule has 0 bridgehead atoms. The molecule has 0 saturated carbocycles. The van der Waals surface area contributed by atoms with Crippen molar-refractivity contribution in [2.75, 3.05) is 11.3 Å². The summed E-state index contributed by atoms with van der Waals surface area (Å²) in [7, 11) is -3.71. The van der Waals surface area contributed by atoms with E-state index in [2.05, 4.69) is 9.71 Å². The summed E-state index contributed by atoms with van der Waals surface area (Å²) in [5, 5.41) is 3.70. The van der Waals surface area contributed by atoms with E-state index in [-0.39, 0.29) is 23.4 Å². The van der Waals surface area contributed by atoms with E-state index >= 15 is 0 Å². The van der Waals surface area contributed by atoms with Gasteiger partial charge in [0.15, 0.2) is 5.13 Å². The fourth-order valence-electron chi connectivity index (χ4n) is 4.26. The Kier molecular flexibility index (Phi) is 5.86. The molecule has 10 heteroatoms. The van der Waals surface area contributed by atoms with Crippen molar-refractivity contribution in [3.63, 3.8) is 0 Å². The molecule has 5 rings (SSSR count). The first-order valence-corrected chi connectivity index (χ1v) is 13.2. The van der Waals surface area contributed by atoms with Gasteiger partial charge in [-0.15, -0.1) is 11.3 Å². The summed E-state index contributed by atoms with van der Waals surface area (Å²) >= 11 is 7.36. The van der Waals surface area contributed by atoms with Crippen LogP contribution in [0.15, 0.2) is 71.2 Å². The fraction of sp³-hybridized carbons (Fsp3) is 0.217. The first-order valence-electron chi connectivity index (χ1n) is 10.5. The standard InChI is InChI=1S/C23H21ClN4O3S2/c24-18-6-3-17-9-12-27(21(17)14-18)15-22(29)28-11-1-2-20(28)16-4-7-19(8-5-16)33(30,31)26-23-25-10-13-32-23/h3-10,12-14,20H,1-2,11,15H2,(H,25,26). The molecule has 3 heterocycles. The lowest BCUT2D eigenvalue weighted by Gasteiger charge is -2.25. The van der Waals surface area contributed by atoms with Crippen LogP contribution in [0.25, 0.3) is 10.9 Å². The van der Waals surface area contributed by atoms with Gasteiger partial charge in [-0.3, -0.25) is 9.52 Å². The van der Waals surface area contributed by atoms with Gasteiger partial charge in [0.25, 0.3) is 10.0 Å². The molecule has 2 aromatic carbocycles. The van der Waals surface area contributed by atoms with Gasteiger partial charge in [0.05, 0.1) is 10.9 Å². The Hall–Kier alpha value is -2.88. The van der Waals surface area contributed by atoms with E-state index in [0.29, 0.717) is 16.7 Å². The van der Waals surface area contributed by atoms with Crippen LogP contribution < -0.4 is 4.72 Å². The number of hydrogen-bond acceptors (Lipinski definition) is 5. The molecule has 1 amide bonds. The van der Waals surface area contributed by atoms with E-state index in [1.54, 1.807) is 35.8 Å². The van der Waals surface area contributed by atoms with Crippen molar-refractivity contribution in [3.05, 3.63) is 76.9 Å². The van der Waals surface area contributed by atoms with E-state index in [4.69, 9.17) is 11.6 Å². The molecular formula is C23H21ClN4O3S2. The highest BCUT2D eigenvalue weighted by atomic mass is 35.5. The highest BCUT2D eigenvalue weighted by Gasteiger charge is 2.30. The van der Waals surface area contributed by atoms with Crippen LogP contribution in [0.3, 0.4) is 0 Å². The van der Waals surface area contributed by atoms with Crippen molar-refractivity contribution >= 4 is 54.9 Å². The Balaban J connectivity index is 1.32. The third-order valence-electron chi connectivity index (χ3n) is 5.84. The van der Waals surface area contributed by atoms with Crippen molar-refractivity contribution < 1.29 is 13.2 Å². The molecule has 33 heavy (non-hydrogen) atoms. The highest BCUT2D eigenvalue weighted by Crippen LogP contribution is 2.33. The Morgan fingerprint density at radius 1 is 1.18 bits per heavy atom. The molecule has 0 radical (unpaired) electrons. The number of anilines is 1. The van der Waals surface area contributed by atoms with Crippen molar-refractivity contribution in [3.8, 4) is 0 Å². The van der Waals surface area contributed by atoms with Gasteiger partial charge in [0, 0.05) is 34.9 Å². The second-order valence-corrected chi connectivity index (χ2v) is 10.9. The number of fused-ring (bicyclic) bond motifs is 1. The number of sulfonamides is 1. The van der Waals surface area contributed by atoms with Gasteiger partial charge in [0.2, 0.25) is 5.91 Å². The molecular weight excluding hydrogens is 480 g/mol. The Labute approximate surface area is 200 Å². The van der Waals surface area contributed by atoms with Gasteiger partial charge in [-0.25, -0.2) is 13.4 Å². The largest absolute Gasteiger partial charge is 0.338 e. The molecule has 170 valence electrons. The number of hydrogen-bond donors (Lipinski definition) is 1. The summed E-state index contributed by atoms with van der Waals surface area (Å²) in [6.45, 7) is 0.902. The molecule has 1 saturated heterocycles. The monoisotopic (exact) mass is 500 g/mol. The summed E-state index contributed by atoms with van der Waals surface area (Å²) in [5.74, 6) is 0.0251. The smallest absolute Gasteiger partial charge is 0.263 e. The third kappa shape index (κ3) is 4.48. The van der Waals surface area contributed by atoms with Crippen molar-refractivity contribution in [1.82, 2.24) is 14.5 Å². The molecule has 1 fully saturated rings. The number of thiazole rings is 1. The summed E-state index contributed by atoms with van der Waals surface area (Å²) in [5.41, 5.74) is 1.85. The second kappa shape index (κ2) is 8.81. The number of carbonyl (C=O) groups excluding carboxylic acids is 1. The number of aromatic nitrogens is 2. The highest BCUT2D eigenvalue weighted by molar-refractivity contribution is 7.93. The lowest BCUT2D eigenvalue weighted by molar-refractivity contribution is -0.132. The predicted molar refractivity (Wildman–Crippen MR) is 130 cm³/mol. The average molecular weight is 501 g/mol. The summed E-state index contributed by atoms with van der Waals surface area (Å²) in [6.07, 6.45) is 5.19. The zero-order valence-corrected chi connectivity index (χ0v) is 19.9. The lowest BCUT2D eigenvalue weighted by atomic mass is 10.0. The van der Waals surface area contributed by atoms with Crippen molar-refractivity contribution in [1.29, 1.82) is 0 Å². The third-order valence-corrected chi connectivity index (χ3v) is 8.25. The van der Waals surface area contributed by atoms with Crippen molar-refractivity contribution in [2.24, 2.45) is 0 Å². The topological polar surface area (TPSA) is 84.3 Å². The van der Waals surface area contributed by atoms with E-state index in [1.165, 1.54) is 11.3 Å². The molecule has 1 atom stereocenters. The van der Waals surface area contributed by atoms with Crippen LogP contribution in [0.2, 0.25) is 5.02 Å². The fourth-order valence-corrected chi connectivity index (χ4v) is 6.22.